The van der Waals surface area contributed by atoms with Gasteiger partial charge in [0.05, 0.1) is 11.8 Å². The Kier molecular flexibility index (Phi) is 5.17. The Balaban J connectivity index is 1.40. The molecule has 1 fully saturated rings. The smallest absolute Gasteiger partial charge is 0.247 e. The van der Waals surface area contributed by atoms with Crippen LogP contribution in [0.4, 0.5) is 5.69 Å². The first kappa shape index (κ1) is 23.9. The first-order valence-electron chi connectivity index (χ1n) is 12.0. The van der Waals surface area contributed by atoms with Crippen LogP contribution in [0.15, 0.2) is 72.8 Å². The topological polar surface area (TPSA) is 83.6 Å². The summed E-state index contributed by atoms with van der Waals surface area (Å²) in [5, 5.41) is 2.74. The molecule has 186 valence electrons. The Morgan fingerprint density at radius 3 is 1.57 bits per heavy atom. The summed E-state index contributed by atoms with van der Waals surface area (Å²) in [4.78, 5) is 51.1. The average molecular weight is 533 g/mol. The van der Waals surface area contributed by atoms with Crippen LogP contribution in [-0.4, -0.2) is 34.4 Å². The van der Waals surface area contributed by atoms with Crippen LogP contribution >= 0.6 is 23.2 Å². The van der Waals surface area contributed by atoms with Gasteiger partial charge >= 0.3 is 0 Å². The third kappa shape index (κ3) is 3.00. The number of carbonyl (C=O) groups is 4. The van der Waals surface area contributed by atoms with E-state index in [0.717, 1.165) is 4.90 Å². The molecule has 1 heterocycles. The minimum Gasteiger partial charge on any atom is -0.324 e. The first-order chi connectivity index (χ1) is 17.6. The number of hydrogen-bond acceptors (Lipinski definition) is 4. The largest absolute Gasteiger partial charge is 0.324 e. The molecule has 3 aromatic carbocycles. The van der Waals surface area contributed by atoms with Crippen molar-refractivity contribution in [3.8, 4) is 0 Å². The minimum absolute atomic E-state index is 0.0938. The van der Waals surface area contributed by atoms with E-state index < -0.39 is 45.3 Å². The van der Waals surface area contributed by atoms with Gasteiger partial charge in [-0.25, -0.2) is 0 Å². The summed E-state index contributed by atoms with van der Waals surface area (Å²) in [5.41, 5.74) is 3.78. The van der Waals surface area contributed by atoms with Gasteiger partial charge in [0.25, 0.3) is 0 Å². The van der Waals surface area contributed by atoms with Crippen molar-refractivity contribution in [3.63, 3.8) is 0 Å². The van der Waals surface area contributed by atoms with Gasteiger partial charge in [0.1, 0.15) is 15.8 Å². The van der Waals surface area contributed by atoms with E-state index in [0.29, 0.717) is 33.5 Å². The van der Waals surface area contributed by atoms with Crippen LogP contribution in [0.5, 0.6) is 0 Å². The van der Waals surface area contributed by atoms with E-state index >= 15 is 0 Å². The molecular formula is C29H22Cl2N2O4. The number of nitrogens with one attached hydrogen (secondary N) is 1. The lowest BCUT2D eigenvalue weighted by molar-refractivity contribution is -0.146. The highest BCUT2D eigenvalue weighted by atomic mass is 35.5. The molecule has 1 saturated heterocycles. The van der Waals surface area contributed by atoms with E-state index in [-0.39, 0.29) is 5.78 Å². The maximum Gasteiger partial charge on any atom is 0.247 e. The first-order valence-corrected chi connectivity index (χ1v) is 12.7. The second kappa shape index (κ2) is 8.01. The van der Waals surface area contributed by atoms with E-state index in [1.54, 1.807) is 24.3 Å². The number of carbonyl (C=O) groups excluding carboxylic acids is 4. The Morgan fingerprint density at radius 2 is 1.19 bits per heavy atom. The number of nitrogens with zero attached hydrogens (tertiary/aromatic N) is 1. The van der Waals surface area contributed by atoms with Crippen LogP contribution < -0.4 is 5.32 Å². The zero-order chi connectivity index (χ0) is 26.3. The second-order valence-electron chi connectivity index (χ2n) is 9.82. The number of likely N-dealkylation sites (tertiary alicyclic amines) is 1. The van der Waals surface area contributed by atoms with Gasteiger partial charge in [-0.05, 0) is 60.4 Å². The molecule has 1 N–H and O–H groups in total. The van der Waals surface area contributed by atoms with E-state index in [9.17, 15) is 19.2 Å². The summed E-state index contributed by atoms with van der Waals surface area (Å²) in [5.74, 6) is -3.60. The zero-order valence-electron chi connectivity index (χ0n) is 20.0. The summed E-state index contributed by atoms with van der Waals surface area (Å²) in [6.07, 6.45) is 0. The monoisotopic (exact) mass is 532 g/mol. The van der Waals surface area contributed by atoms with E-state index in [4.69, 9.17) is 23.2 Å². The molecule has 7 rings (SSSR count). The normalized spacial score (nSPS) is 27.8. The summed E-state index contributed by atoms with van der Waals surface area (Å²) >= 11 is 14.8. The number of alkyl halides is 2. The standard InChI is InChI=1S/C29H22Cl2N2O4/c1-15(25(35)32-18-13-11-17(12-14-18)16(2)34)33-26(36)23-24(27(33)37)29(31)20-8-4-3-7-19(20)28(23,30)21-9-5-6-10-22(21)29/h3-15,23-24H,1-2H3,(H,32,35)/t15-,23-,24+,28?,29?/m1/s1. The lowest BCUT2D eigenvalue weighted by Gasteiger charge is -2.54. The Labute approximate surface area is 223 Å². The fraction of sp³-hybridized carbons (Fsp3) is 0.241. The van der Waals surface area contributed by atoms with Gasteiger partial charge in [-0.3, -0.25) is 24.1 Å². The SMILES string of the molecule is CC(=O)c1ccc(NC(=O)[C@@H](C)N2C(=O)[C@@H]3[C@H](C2=O)C2(Cl)c4ccccc4C3(Cl)c3ccccc32)cc1. The number of ketones is 1. The van der Waals surface area contributed by atoms with Crippen molar-refractivity contribution in [1.82, 2.24) is 4.90 Å². The lowest BCUT2D eigenvalue weighted by Crippen LogP contribution is -2.57. The third-order valence-electron chi connectivity index (χ3n) is 7.95. The third-order valence-corrected chi connectivity index (χ3v) is 9.23. The van der Waals surface area contributed by atoms with Crippen LogP contribution in [-0.2, 0) is 24.1 Å². The van der Waals surface area contributed by atoms with Crippen molar-refractivity contribution >= 4 is 52.4 Å². The quantitative estimate of drug-likeness (QED) is 0.297. The molecule has 3 aromatic rings. The zero-order valence-corrected chi connectivity index (χ0v) is 21.5. The maximum absolute atomic E-state index is 14.0. The molecule has 3 aliphatic carbocycles. The Morgan fingerprint density at radius 1 is 0.784 bits per heavy atom. The molecule has 3 amide bonds. The summed E-state index contributed by atoms with van der Waals surface area (Å²) < 4.78 is 0. The van der Waals surface area contributed by atoms with Crippen molar-refractivity contribution in [1.29, 1.82) is 0 Å². The fourth-order valence-electron chi connectivity index (χ4n) is 6.22. The van der Waals surface area contributed by atoms with Gasteiger partial charge in [-0.15, -0.1) is 23.2 Å². The van der Waals surface area contributed by atoms with E-state index in [1.807, 2.05) is 48.5 Å². The van der Waals surface area contributed by atoms with Crippen LogP contribution in [0.25, 0.3) is 0 Å². The van der Waals surface area contributed by atoms with Crippen molar-refractivity contribution in [2.75, 3.05) is 5.32 Å². The Hall–Kier alpha value is -3.48. The van der Waals surface area contributed by atoms with Crippen LogP contribution in [0, 0.1) is 11.8 Å². The maximum atomic E-state index is 14.0. The lowest BCUT2D eigenvalue weighted by atomic mass is 9.54. The molecule has 0 saturated carbocycles. The minimum atomic E-state index is -1.30. The van der Waals surface area contributed by atoms with Gasteiger partial charge in [-0.1, -0.05) is 48.5 Å². The number of Topliss-reactive ketones (excluding diaryl/α,β-unsaturated/α-hetero) is 1. The van der Waals surface area contributed by atoms with Gasteiger partial charge in [0.2, 0.25) is 17.7 Å². The second-order valence-corrected chi connectivity index (χ2v) is 11.0. The molecule has 6 nitrogen and oxygen atoms in total. The van der Waals surface area contributed by atoms with Crippen LogP contribution in [0.3, 0.4) is 0 Å². The fourth-order valence-corrected chi connectivity index (χ4v) is 7.32. The van der Waals surface area contributed by atoms with Crippen molar-refractivity contribution < 1.29 is 19.2 Å². The predicted octanol–water partition coefficient (Wildman–Crippen LogP) is 4.81. The predicted molar refractivity (Wildman–Crippen MR) is 140 cm³/mol. The number of anilines is 1. The summed E-state index contributed by atoms with van der Waals surface area (Å²) in [7, 11) is 0. The van der Waals surface area contributed by atoms with Crippen LogP contribution in [0.1, 0.15) is 46.5 Å². The number of hydrogen-bond donors (Lipinski definition) is 1. The molecule has 3 atom stereocenters. The average Bonchev–Trinajstić information content (AvgIpc) is 3.18. The van der Waals surface area contributed by atoms with Gasteiger partial charge in [-0.2, -0.15) is 0 Å². The highest BCUT2D eigenvalue weighted by Gasteiger charge is 2.73. The van der Waals surface area contributed by atoms with Crippen molar-refractivity contribution in [3.05, 3.63) is 101 Å². The molecule has 0 radical (unpaired) electrons. The summed E-state index contributed by atoms with van der Waals surface area (Å²) in [6, 6.07) is 20.1. The number of benzene rings is 3. The molecule has 37 heavy (non-hydrogen) atoms. The molecule has 4 aliphatic rings. The molecule has 2 bridgehead atoms. The van der Waals surface area contributed by atoms with Gasteiger partial charge in [0.15, 0.2) is 5.78 Å². The van der Waals surface area contributed by atoms with E-state index in [2.05, 4.69) is 5.32 Å². The highest BCUT2D eigenvalue weighted by molar-refractivity contribution is 6.36. The number of halogens is 2. The van der Waals surface area contributed by atoms with Crippen molar-refractivity contribution in [2.45, 2.75) is 29.6 Å². The highest BCUT2D eigenvalue weighted by Crippen LogP contribution is 2.69. The van der Waals surface area contributed by atoms with Gasteiger partial charge < -0.3 is 5.32 Å². The number of rotatable bonds is 4. The number of amides is 3. The van der Waals surface area contributed by atoms with Crippen LogP contribution in [0.2, 0.25) is 0 Å². The molecular weight excluding hydrogens is 511 g/mol. The molecule has 0 aromatic heterocycles. The van der Waals surface area contributed by atoms with E-state index in [1.165, 1.54) is 13.8 Å². The molecule has 0 spiro atoms. The molecule has 8 heteroatoms. The molecule has 0 unspecified atom stereocenters. The van der Waals surface area contributed by atoms with Crippen molar-refractivity contribution in [2.24, 2.45) is 11.8 Å². The summed E-state index contributed by atoms with van der Waals surface area (Å²) in [6.45, 7) is 2.97. The molecule has 1 aliphatic heterocycles. The number of imide groups is 1. The Bertz CT molecular complexity index is 1390. The van der Waals surface area contributed by atoms with Gasteiger partial charge in [0, 0.05) is 11.3 Å².